The summed E-state index contributed by atoms with van der Waals surface area (Å²) >= 11 is 12.2. The Bertz CT molecular complexity index is 508. The van der Waals surface area contributed by atoms with E-state index in [0.717, 1.165) is 11.1 Å². The van der Waals surface area contributed by atoms with Crippen molar-refractivity contribution < 1.29 is 8.42 Å². The molecule has 0 saturated heterocycles. The van der Waals surface area contributed by atoms with Gasteiger partial charge in [-0.3, -0.25) is 0 Å². The third kappa shape index (κ3) is 4.11. The molecule has 0 bridgehead atoms. The largest absolute Gasteiger partial charge is 0.229 e. The van der Waals surface area contributed by atoms with Gasteiger partial charge in [0.2, 0.25) is 0 Å². The lowest BCUT2D eigenvalue weighted by Crippen LogP contribution is -2.34. The maximum Gasteiger partial charge on any atom is 0.150 e. The number of benzene rings is 1. The summed E-state index contributed by atoms with van der Waals surface area (Å²) in [6.07, 6.45) is 0.459. The topological polar surface area (TPSA) is 34.1 Å². The van der Waals surface area contributed by atoms with Gasteiger partial charge in [0.1, 0.15) is 9.84 Å². The number of aryl methyl sites for hydroxylation is 1. The molecule has 5 heteroatoms. The normalized spacial score (nSPS) is 12.6. The van der Waals surface area contributed by atoms with Crippen LogP contribution < -0.4 is 0 Å². The molecule has 0 spiro atoms. The van der Waals surface area contributed by atoms with Gasteiger partial charge in [0.15, 0.2) is 0 Å². The van der Waals surface area contributed by atoms with Gasteiger partial charge < -0.3 is 0 Å². The monoisotopic (exact) mass is 322 g/mol. The van der Waals surface area contributed by atoms with Crippen molar-refractivity contribution in [2.24, 2.45) is 0 Å². The summed E-state index contributed by atoms with van der Waals surface area (Å²) in [6.45, 7) is 3.66. The third-order valence-electron chi connectivity index (χ3n) is 3.56. The zero-order valence-electron chi connectivity index (χ0n) is 11.3. The second-order valence-corrected chi connectivity index (χ2v) is 7.86. The zero-order chi connectivity index (χ0) is 14.5. The summed E-state index contributed by atoms with van der Waals surface area (Å²) in [5, 5.41) is 0. The standard InChI is InChI=1S/C14H20Cl2O2S/c1-3-19(17,18)9-8-14(10-15,11-16)13-7-5-4-6-12(13)2/h4-7H,3,8-11H2,1-2H3. The highest BCUT2D eigenvalue weighted by molar-refractivity contribution is 7.91. The lowest BCUT2D eigenvalue weighted by molar-refractivity contribution is 0.509. The fourth-order valence-corrected chi connectivity index (χ4v) is 3.94. The van der Waals surface area contributed by atoms with Crippen LogP contribution >= 0.6 is 23.2 Å². The van der Waals surface area contributed by atoms with Crippen LogP contribution in [-0.2, 0) is 15.3 Å². The van der Waals surface area contributed by atoms with Gasteiger partial charge in [-0.05, 0) is 24.5 Å². The third-order valence-corrected chi connectivity index (χ3v) is 6.29. The Hall–Kier alpha value is -0.250. The average molecular weight is 323 g/mol. The van der Waals surface area contributed by atoms with E-state index in [1.807, 2.05) is 31.2 Å². The second-order valence-electron chi connectivity index (χ2n) is 4.85. The first-order valence-electron chi connectivity index (χ1n) is 6.29. The zero-order valence-corrected chi connectivity index (χ0v) is 13.7. The molecule has 1 rings (SSSR count). The summed E-state index contributed by atoms with van der Waals surface area (Å²) in [7, 11) is -3.01. The molecule has 0 N–H and O–H groups in total. The van der Waals surface area contributed by atoms with Crippen LogP contribution in [0.4, 0.5) is 0 Å². The van der Waals surface area contributed by atoms with Crippen molar-refractivity contribution in [1.82, 2.24) is 0 Å². The number of hydrogen-bond acceptors (Lipinski definition) is 2. The molecule has 0 heterocycles. The highest BCUT2D eigenvalue weighted by atomic mass is 35.5. The van der Waals surface area contributed by atoms with Crippen LogP contribution in [0.3, 0.4) is 0 Å². The molecule has 0 amide bonds. The van der Waals surface area contributed by atoms with Crippen LogP contribution in [0.25, 0.3) is 0 Å². The van der Waals surface area contributed by atoms with Crippen LogP contribution in [0.1, 0.15) is 24.5 Å². The van der Waals surface area contributed by atoms with Gasteiger partial charge >= 0.3 is 0 Å². The molecule has 1 aromatic rings. The van der Waals surface area contributed by atoms with E-state index in [-0.39, 0.29) is 11.5 Å². The Labute approximate surface area is 126 Å². The van der Waals surface area contributed by atoms with E-state index < -0.39 is 15.3 Å². The van der Waals surface area contributed by atoms with E-state index in [4.69, 9.17) is 23.2 Å². The fourth-order valence-electron chi connectivity index (χ4n) is 2.11. The average Bonchev–Trinajstić information content (AvgIpc) is 2.42. The molecule has 0 saturated carbocycles. The number of sulfone groups is 1. The van der Waals surface area contributed by atoms with Crippen molar-refractivity contribution in [3.8, 4) is 0 Å². The van der Waals surface area contributed by atoms with Crippen molar-refractivity contribution in [3.05, 3.63) is 35.4 Å². The molecule has 0 fully saturated rings. The smallest absolute Gasteiger partial charge is 0.150 e. The van der Waals surface area contributed by atoms with E-state index in [1.54, 1.807) is 6.92 Å². The molecular formula is C14H20Cl2O2S. The first-order chi connectivity index (χ1) is 8.90. The molecule has 0 radical (unpaired) electrons. The van der Waals surface area contributed by atoms with Crippen LogP contribution in [-0.4, -0.2) is 31.7 Å². The van der Waals surface area contributed by atoms with Gasteiger partial charge in [0.25, 0.3) is 0 Å². The molecule has 2 nitrogen and oxygen atoms in total. The van der Waals surface area contributed by atoms with Gasteiger partial charge in [0, 0.05) is 22.9 Å². The number of rotatable bonds is 7. The summed E-state index contributed by atoms with van der Waals surface area (Å²) in [4.78, 5) is 0. The molecular weight excluding hydrogens is 303 g/mol. The van der Waals surface area contributed by atoms with Crippen LogP contribution in [0, 0.1) is 6.92 Å². The Kier molecular flexibility index (Phi) is 6.15. The van der Waals surface area contributed by atoms with Gasteiger partial charge in [0.05, 0.1) is 5.75 Å². The van der Waals surface area contributed by atoms with Crippen molar-refractivity contribution in [2.45, 2.75) is 25.7 Å². The predicted octanol–water partition coefficient (Wildman–Crippen LogP) is 3.54. The maximum atomic E-state index is 11.7. The van der Waals surface area contributed by atoms with Gasteiger partial charge in [-0.1, -0.05) is 31.2 Å². The van der Waals surface area contributed by atoms with E-state index >= 15 is 0 Å². The Morgan fingerprint density at radius 2 is 1.74 bits per heavy atom. The van der Waals surface area contributed by atoms with Crippen molar-refractivity contribution >= 4 is 33.0 Å². The molecule has 1 aromatic carbocycles. The van der Waals surface area contributed by atoms with E-state index in [0.29, 0.717) is 18.2 Å². The second kappa shape index (κ2) is 6.96. The minimum Gasteiger partial charge on any atom is -0.229 e. The lowest BCUT2D eigenvalue weighted by Gasteiger charge is -2.31. The summed E-state index contributed by atoms with van der Waals surface area (Å²) in [6, 6.07) is 7.87. The number of halogens is 2. The maximum absolute atomic E-state index is 11.7. The minimum absolute atomic E-state index is 0.122. The van der Waals surface area contributed by atoms with Crippen LogP contribution in [0.2, 0.25) is 0 Å². The van der Waals surface area contributed by atoms with Crippen molar-refractivity contribution in [1.29, 1.82) is 0 Å². The van der Waals surface area contributed by atoms with Gasteiger partial charge in [-0.2, -0.15) is 0 Å². The molecule has 0 aliphatic carbocycles. The molecule has 0 aromatic heterocycles. The van der Waals surface area contributed by atoms with Gasteiger partial charge in [-0.15, -0.1) is 23.2 Å². The first-order valence-corrected chi connectivity index (χ1v) is 9.18. The minimum atomic E-state index is -3.01. The summed E-state index contributed by atoms with van der Waals surface area (Å²) < 4.78 is 23.4. The molecule has 108 valence electrons. The lowest BCUT2D eigenvalue weighted by atomic mass is 9.79. The Morgan fingerprint density at radius 1 is 1.16 bits per heavy atom. The highest BCUT2D eigenvalue weighted by Crippen LogP contribution is 2.33. The van der Waals surface area contributed by atoms with Crippen LogP contribution in [0.5, 0.6) is 0 Å². The summed E-state index contributed by atoms with van der Waals surface area (Å²) in [5.41, 5.74) is 1.67. The van der Waals surface area contributed by atoms with E-state index in [2.05, 4.69) is 0 Å². The molecule has 0 atom stereocenters. The Balaban J connectivity index is 3.08. The summed E-state index contributed by atoms with van der Waals surface area (Å²) in [5.74, 6) is 0.917. The highest BCUT2D eigenvalue weighted by Gasteiger charge is 2.33. The van der Waals surface area contributed by atoms with E-state index in [9.17, 15) is 8.42 Å². The van der Waals surface area contributed by atoms with E-state index in [1.165, 1.54) is 0 Å². The van der Waals surface area contributed by atoms with Gasteiger partial charge in [-0.25, -0.2) is 8.42 Å². The SMILES string of the molecule is CCS(=O)(=O)CCC(CCl)(CCl)c1ccccc1C. The fraction of sp³-hybridized carbons (Fsp3) is 0.571. The van der Waals surface area contributed by atoms with Crippen molar-refractivity contribution in [2.75, 3.05) is 23.3 Å². The predicted molar refractivity (Wildman–Crippen MR) is 83.2 cm³/mol. The number of alkyl halides is 2. The Morgan fingerprint density at radius 3 is 2.21 bits per heavy atom. The number of hydrogen-bond donors (Lipinski definition) is 0. The molecule has 0 unspecified atom stereocenters. The molecule has 0 aliphatic rings. The molecule has 0 aliphatic heterocycles. The molecule has 19 heavy (non-hydrogen) atoms. The van der Waals surface area contributed by atoms with Crippen LogP contribution in [0.15, 0.2) is 24.3 Å². The first kappa shape index (κ1) is 16.8. The van der Waals surface area contributed by atoms with Crippen molar-refractivity contribution in [3.63, 3.8) is 0 Å². The quantitative estimate of drug-likeness (QED) is 0.719.